The van der Waals surface area contributed by atoms with Gasteiger partial charge in [0, 0.05) is 13.1 Å². The van der Waals surface area contributed by atoms with Crippen LogP contribution in [0.1, 0.15) is 12.5 Å². The molecular weight excluding hydrogens is 254 g/mol. The van der Waals surface area contributed by atoms with Crippen LogP contribution in [-0.2, 0) is 16.0 Å². The van der Waals surface area contributed by atoms with Crippen LogP contribution < -0.4 is 11.1 Å². The fraction of sp³-hybridized carbons (Fsp3) is 0.533. The van der Waals surface area contributed by atoms with Gasteiger partial charge < -0.3 is 15.8 Å². The summed E-state index contributed by atoms with van der Waals surface area (Å²) in [5.41, 5.74) is 7.05. The highest BCUT2D eigenvalue weighted by Crippen LogP contribution is 2.04. The van der Waals surface area contributed by atoms with E-state index in [1.54, 1.807) is 0 Å². The van der Waals surface area contributed by atoms with Gasteiger partial charge in [0.2, 0.25) is 5.91 Å². The fourth-order valence-corrected chi connectivity index (χ4v) is 2.33. The number of ether oxygens (including phenoxy) is 1. The predicted molar refractivity (Wildman–Crippen MR) is 78.1 cm³/mol. The van der Waals surface area contributed by atoms with Crippen LogP contribution in [0.15, 0.2) is 30.3 Å². The summed E-state index contributed by atoms with van der Waals surface area (Å²) >= 11 is 0. The molecule has 1 amide bonds. The molecule has 110 valence electrons. The molecule has 0 aromatic heterocycles. The third kappa shape index (κ3) is 4.30. The SMILES string of the molecule is CC(NC(=O)[C@@H](N)Cc1ccccc1)N1CCOCC1. The zero-order valence-corrected chi connectivity index (χ0v) is 11.9. The molecule has 1 aromatic rings. The highest BCUT2D eigenvalue weighted by molar-refractivity contribution is 5.82. The Morgan fingerprint density at radius 3 is 2.65 bits per heavy atom. The maximum atomic E-state index is 12.1. The number of nitrogens with two attached hydrogens (primary N) is 1. The van der Waals surface area contributed by atoms with Gasteiger partial charge >= 0.3 is 0 Å². The van der Waals surface area contributed by atoms with Crippen molar-refractivity contribution in [2.45, 2.75) is 25.6 Å². The summed E-state index contributed by atoms with van der Waals surface area (Å²) in [4.78, 5) is 14.3. The van der Waals surface area contributed by atoms with Gasteiger partial charge in [-0.1, -0.05) is 30.3 Å². The number of carbonyl (C=O) groups excluding carboxylic acids is 1. The lowest BCUT2D eigenvalue weighted by Crippen LogP contribution is -2.54. The van der Waals surface area contributed by atoms with E-state index in [0.29, 0.717) is 6.42 Å². The Labute approximate surface area is 120 Å². The first-order valence-electron chi connectivity index (χ1n) is 7.08. The van der Waals surface area contributed by atoms with Crippen LogP contribution in [0.25, 0.3) is 0 Å². The first-order valence-corrected chi connectivity index (χ1v) is 7.08. The molecule has 0 saturated carbocycles. The van der Waals surface area contributed by atoms with Crippen molar-refractivity contribution in [1.29, 1.82) is 0 Å². The van der Waals surface area contributed by atoms with Gasteiger partial charge in [0.05, 0.1) is 25.4 Å². The minimum Gasteiger partial charge on any atom is -0.379 e. The van der Waals surface area contributed by atoms with Gasteiger partial charge in [-0.15, -0.1) is 0 Å². The number of nitrogens with zero attached hydrogens (tertiary/aromatic N) is 1. The van der Waals surface area contributed by atoms with E-state index in [4.69, 9.17) is 10.5 Å². The minimum atomic E-state index is -0.513. The molecule has 1 aromatic carbocycles. The lowest BCUT2D eigenvalue weighted by atomic mass is 10.1. The summed E-state index contributed by atoms with van der Waals surface area (Å²) in [6, 6.07) is 9.32. The number of nitrogens with one attached hydrogen (secondary N) is 1. The molecule has 3 N–H and O–H groups in total. The second-order valence-corrected chi connectivity index (χ2v) is 5.13. The second-order valence-electron chi connectivity index (χ2n) is 5.13. The molecular formula is C15H23N3O2. The van der Waals surface area contributed by atoms with Crippen LogP contribution in [0.5, 0.6) is 0 Å². The second kappa shape index (κ2) is 7.38. The van der Waals surface area contributed by atoms with Crippen molar-refractivity contribution in [3.63, 3.8) is 0 Å². The predicted octanol–water partition coefficient (Wildman–Crippen LogP) is 0.351. The first kappa shape index (κ1) is 15.0. The molecule has 0 aliphatic carbocycles. The normalized spacial score (nSPS) is 19.3. The maximum Gasteiger partial charge on any atom is 0.238 e. The largest absolute Gasteiger partial charge is 0.379 e. The van der Waals surface area contributed by atoms with Crippen LogP contribution >= 0.6 is 0 Å². The molecule has 1 aliphatic rings. The van der Waals surface area contributed by atoms with Crippen LogP contribution in [0.2, 0.25) is 0 Å². The molecule has 1 saturated heterocycles. The number of rotatable bonds is 5. The van der Waals surface area contributed by atoms with Gasteiger partial charge in [0.15, 0.2) is 0 Å². The summed E-state index contributed by atoms with van der Waals surface area (Å²) in [6.07, 6.45) is 0.552. The number of hydrogen-bond acceptors (Lipinski definition) is 4. The molecule has 1 aliphatic heterocycles. The smallest absolute Gasteiger partial charge is 0.238 e. The maximum absolute atomic E-state index is 12.1. The van der Waals surface area contributed by atoms with Crippen molar-refractivity contribution >= 4 is 5.91 Å². The van der Waals surface area contributed by atoms with Crippen molar-refractivity contribution in [3.8, 4) is 0 Å². The monoisotopic (exact) mass is 277 g/mol. The average molecular weight is 277 g/mol. The van der Waals surface area contributed by atoms with Gasteiger partial charge in [-0.2, -0.15) is 0 Å². The highest BCUT2D eigenvalue weighted by atomic mass is 16.5. The van der Waals surface area contributed by atoms with Crippen LogP contribution in [0.4, 0.5) is 0 Å². The molecule has 2 rings (SSSR count). The van der Waals surface area contributed by atoms with Crippen molar-refractivity contribution in [2.24, 2.45) is 5.73 Å². The molecule has 5 heteroatoms. The third-order valence-electron chi connectivity index (χ3n) is 3.58. The van der Waals surface area contributed by atoms with Gasteiger partial charge in [-0.3, -0.25) is 9.69 Å². The Kier molecular flexibility index (Phi) is 5.52. The standard InChI is InChI=1S/C15H23N3O2/c1-12(18-7-9-20-10-8-18)17-15(19)14(16)11-13-5-3-2-4-6-13/h2-6,12,14H,7-11,16H2,1H3,(H,17,19)/t12?,14-/m0/s1. The Morgan fingerprint density at radius 1 is 1.35 bits per heavy atom. The number of amides is 1. The molecule has 1 heterocycles. The third-order valence-corrected chi connectivity index (χ3v) is 3.58. The van der Waals surface area contributed by atoms with Crippen LogP contribution in [-0.4, -0.2) is 49.3 Å². The van der Waals surface area contributed by atoms with Crippen LogP contribution in [0.3, 0.4) is 0 Å². The highest BCUT2D eigenvalue weighted by Gasteiger charge is 2.21. The van der Waals surface area contributed by atoms with E-state index in [0.717, 1.165) is 31.9 Å². The molecule has 5 nitrogen and oxygen atoms in total. The summed E-state index contributed by atoms with van der Waals surface area (Å²) in [6.45, 7) is 5.11. The van der Waals surface area contributed by atoms with E-state index >= 15 is 0 Å². The molecule has 20 heavy (non-hydrogen) atoms. The zero-order valence-electron chi connectivity index (χ0n) is 11.9. The molecule has 2 atom stereocenters. The average Bonchev–Trinajstić information content (AvgIpc) is 2.49. The van der Waals surface area contributed by atoms with Gasteiger partial charge in [0.25, 0.3) is 0 Å². The Balaban J connectivity index is 1.81. The topological polar surface area (TPSA) is 67.6 Å². The van der Waals surface area contributed by atoms with E-state index in [9.17, 15) is 4.79 Å². The van der Waals surface area contributed by atoms with Gasteiger partial charge in [-0.25, -0.2) is 0 Å². The zero-order chi connectivity index (χ0) is 14.4. The van der Waals surface area contributed by atoms with E-state index in [2.05, 4.69) is 10.2 Å². The quantitative estimate of drug-likeness (QED) is 0.815. The van der Waals surface area contributed by atoms with Crippen molar-refractivity contribution in [2.75, 3.05) is 26.3 Å². The summed E-state index contributed by atoms with van der Waals surface area (Å²) in [7, 11) is 0. The van der Waals surface area contributed by atoms with E-state index in [-0.39, 0.29) is 12.1 Å². The van der Waals surface area contributed by atoms with Crippen LogP contribution in [0, 0.1) is 0 Å². The minimum absolute atomic E-state index is 0.00627. The van der Waals surface area contributed by atoms with Crippen molar-refractivity contribution in [1.82, 2.24) is 10.2 Å². The van der Waals surface area contributed by atoms with Gasteiger partial charge in [-0.05, 0) is 18.9 Å². The van der Waals surface area contributed by atoms with Gasteiger partial charge in [0.1, 0.15) is 0 Å². The lowest BCUT2D eigenvalue weighted by Gasteiger charge is -2.33. The molecule has 0 bridgehead atoms. The number of morpholine rings is 1. The number of carbonyl (C=O) groups is 1. The first-order chi connectivity index (χ1) is 9.66. The summed E-state index contributed by atoms with van der Waals surface area (Å²) in [5.74, 6) is -0.104. The Hall–Kier alpha value is -1.43. The molecule has 0 spiro atoms. The van der Waals surface area contributed by atoms with Crippen molar-refractivity contribution in [3.05, 3.63) is 35.9 Å². The molecule has 0 radical (unpaired) electrons. The fourth-order valence-electron chi connectivity index (χ4n) is 2.33. The number of hydrogen-bond donors (Lipinski definition) is 2. The lowest BCUT2D eigenvalue weighted by molar-refractivity contribution is -0.124. The Bertz CT molecular complexity index is 418. The molecule has 1 unspecified atom stereocenters. The number of benzene rings is 1. The molecule has 1 fully saturated rings. The van der Waals surface area contributed by atoms with E-state index in [1.807, 2.05) is 37.3 Å². The van der Waals surface area contributed by atoms with E-state index < -0.39 is 6.04 Å². The summed E-state index contributed by atoms with van der Waals surface area (Å²) < 4.78 is 5.30. The van der Waals surface area contributed by atoms with E-state index in [1.165, 1.54) is 0 Å². The summed E-state index contributed by atoms with van der Waals surface area (Å²) in [5, 5.41) is 2.98. The van der Waals surface area contributed by atoms with Crippen molar-refractivity contribution < 1.29 is 9.53 Å². The Morgan fingerprint density at radius 2 is 2.00 bits per heavy atom.